The molecule has 0 spiro atoms. The van der Waals surface area contributed by atoms with E-state index in [2.05, 4.69) is 19.2 Å². The molecule has 0 aliphatic heterocycles. The average molecular weight is 251 g/mol. The van der Waals surface area contributed by atoms with Gasteiger partial charge in [0, 0.05) is 6.04 Å². The fourth-order valence-corrected chi connectivity index (χ4v) is 2.94. The summed E-state index contributed by atoms with van der Waals surface area (Å²) in [4.78, 5) is 10.7. The molecule has 0 bridgehead atoms. The molecule has 2 N–H and O–H groups in total. The van der Waals surface area contributed by atoms with Crippen molar-refractivity contribution in [2.24, 2.45) is 11.8 Å². The highest BCUT2D eigenvalue weighted by atomic mass is 16.4. The Balaban J connectivity index is 1.85. The second kappa shape index (κ2) is 5.57. The van der Waals surface area contributed by atoms with Crippen LogP contribution in [0.4, 0.5) is 0 Å². The van der Waals surface area contributed by atoms with Gasteiger partial charge in [0.05, 0.1) is 12.1 Å². The summed E-state index contributed by atoms with van der Waals surface area (Å²) in [5, 5.41) is 12.3. The van der Waals surface area contributed by atoms with E-state index in [1.165, 1.54) is 25.5 Å². The molecule has 100 valence electrons. The first-order chi connectivity index (χ1) is 8.54. The molecule has 2 rings (SSSR count). The van der Waals surface area contributed by atoms with Gasteiger partial charge in [0.25, 0.3) is 0 Å². The number of hydrogen-bond acceptors (Lipinski definition) is 3. The molecule has 2 unspecified atom stereocenters. The predicted molar refractivity (Wildman–Crippen MR) is 68.5 cm³/mol. The van der Waals surface area contributed by atoms with E-state index in [9.17, 15) is 4.79 Å². The smallest absolute Gasteiger partial charge is 0.338 e. The van der Waals surface area contributed by atoms with Crippen LogP contribution in [-0.2, 0) is 6.54 Å². The largest absolute Gasteiger partial charge is 0.478 e. The molecule has 1 aromatic heterocycles. The quantitative estimate of drug-likeness (QED) is 0.863. The van der Waals surface area contributed by atoms with E-state index < -0.39 is 5.97 Å². The van der Waals surface area contributed by atoms with Gasteiger partial charge < -0.3 is 14.8 Å². The Morgan fingerprint density at radius 1 is 1.39 bits per heavy atom. The molecule has 1 fully saturated rings. The number of rotatable bonds is 4. The molecule has 4 heteroatoms. The molecule has 1 saturated carbocycles. The summed E-state index contributed by atoms with van der Waals surface area (Å²) in [6.45, 7) is 5.19. The SMILES string of the molecule is CC1CC(C)CC(NCc2cc(C(=O)O)co2)C1. The van der Waals surface area contributed by atoms with Crippen molar-refractivity contribution in [2.75, 3.05) is 0 Å². The molecule has 0 radical (unpaired) electrons. The van der Waals surface area contributed by atoms with Crippen LogP contribution in [0.3, 0.4) is 0 Å². The fraction of sp³-hybridized carbons (Fsp3) is 0.643. The standard InChI is InChI=1S/C14H21NO3/c1-9-3-10(2)5-12(4-9)15-7-13-6-11(8-18-13)14(16)17/h6,8-10,12,15H,3-5,7H2,1-2H3,(H,16,17). The number of carbonyl (C=O) groups is 1. The first-order valence-electron chi connectivity index (χ1n) is 6.58. The Kier molecular flexibility index (Phi) is 4.07. The zero-order valence-electron chi connectivity index (χ0n) is 11.0. The van der Waals surface area contributed by atoms with Gasteiger partial charge in [-0.1, -0.05) is 13.8 Å². The van der Waals surface area contributed by atoms with Crippen LogP contribution in [0, 0.1) is 11.8 Å². The van der Waals surface area contributed by atoms with Gasteiger partial charge in [0.15, 0.2) is 0 Å². The van der Waals surface area contributed by atoms with Crippen molar-refractivity contribution in [1.82, 2.24) is 5.32 Å². The van der Waals surface area contributed by atoms with Crippen molar-refractivity contribution >= 4 is 5.97 Å². The molecule has 4 nitrogen and oxygen atoms in total. The van der Waals surface area contributed by atoms with Gasteiger partial charge in [-0.25, -0.2) is 4.79 Å². The van der Waals surface area contributed by atoms with Crippen molar-refractivity contribution < 1.29 is 14.3 Å². The first-order valence-corrected chi connectivity index (χ1v) is 6.58. The van der Waals surface area contributed by atoms with Gasteiger partial charge in [-0.15, -0.1) is 0 Å². The maximum absolute atomic E-state index is 10.7. The van der Waals surface area contributed by atoms with Gasteiger partial charge in [-0.2, -0.15) is 0 Å². The van der Waals surface area contributed by atoms with E-state index in [0.717, 1.165) is 11.8 Å². The maximum atomic E-state index is 10.7. The van der Waals surface area contributed by atoms with Gasteiger partial charge >= 0.3 is 5.97 Å². The van der Waals surface area contributed by atoms with Crippen LogP contribution in [0.1, 0.15) is 49.2 Å². The molecule has 0 saturated heterocycles. The van der Waals surface area contributed by atoms with Crippen LogP contribution < -0.4 is 5.32 Å². The summed E-state index contributed by atoms with van der Waals surface area (Å²) < 4.78 is 5.23. The summed E-state index contributed by atoms with van der Waals surface area (Å²) in [7, 11) is 0. The lowest BCUT2D eigenvalue weighted by atomic mass is 9.80. The van der Waals surface area contributed by atoms with Gasteiger partial charge in [-0.05, 0) is 37.2 Å². The zero-order chi connectivity index (χ0) is 13.1. The van der Waals surface area contributed by atoms with E-state index in [1.807, 2.05) is 0 Å². The van der Waals surface area contributed by atoms with Crippen molar-refractivity contribution in [3.8, 4) is 0 Å². The minimum atomic E-state index is -0.940. The van der Waals surface area contributed by atoms with Crippen LogP contribution in [0.5, 0.6) is 0 Å². The number of aromatic carboxylic acids is 1. The summed E-state index contributed by atoms with van der Waals surface area (Å²) in [6.07, 6.45) is 4.99. The minimum Gasteiger partial charge on any atom is -0.478 e. The van der Waals surface area contributed by atoms with Crippen LogP contribution in [0.25, 0.3) is 0 Å². The lowest BCUT2D eigenvalue weighted by Crippen LogP contribution is -2.35. The highest BCUT2D eigenvalue weighted by Gasteiger charge is 2.23. The third-order valence-corrected chi connectivity index (χ3v) is 3.64. The van der Waals surface area contributed by atoms with Crippen LogP contribution >= 0.6 is 0 Å². The molecule has 2 atom stereocenters. The summed E-state index contributed by atoms with van der Waals surface area (Å²) in [5.74, 6) is 1.28. The van der Waals surface area contributed by atoms with Crippen LogP contribution in [0.2, 0.25) is 0 Å². The van der Waals surface area contributed by atoms with E-state index in [0.29, 0.717) is 18.3 Å². The highest BCUT2D eigenvalue weighted by Crippen LogP contribution is 2.28. The Bertz CT molecular complexity index is 403. The monoisotopic (exact) mass is 251 g/mol. The Morgan fingerprint density at radius 3 is 2.61 bits per heavy atom. The van der Waals surface area contributed by atoms with Gasteiger partial charge in [0.1, 0.15) is 12.0 Å². The summed E-state index contributed by atoms with van der Waals surface area (Å²) in [6, 6.07) is 2.10. The predicted octanol–water partition coefficient (Wildman–Crippen LogP) is 2.89. The third-order valence-electron chi connectivity index (χ3n) is 3.64. The second-order valence-electron chi connectivity index (χ2n) is 5.60. The molecule has 1 aromatic rings. The Morgan fingerprint density at radius 2 is 2.06 bits per heavy atom. The Labute approximate surface area is 107 Å². The molecule has 1 aliphatic rings. The van der Waals surface area contributed by atoms with Crippen molar-refractivity contribution in [1.29, 1.82) is 0 Å². The van der Waals surface area contributed by atoms with E-state index in [1.54, 1.807) is 6.07 Å². The third kappa shape index (κ3) is 3.35. The van der Waals surface area contributed by atoms with Gasteiger partial charge in [-0.3, -0.25) is 0 Å². The summed E-state index contributed by atoms with van der Waals surface area (Å²) >= 11 is 0. The molecular formula is C14H21NO3. The summed E-state index contributed by atoms with van der Waals surface area (Å²) in [5.41, 5.74) is 0.220. The van der Waals surface area contributed by atoms with Crippen molar-refractivity contribution in [2.45, 2.75) is 45.7 Å². The molecule has 0 aromatic carbocycles. The van der Waals surface area contributed by atoms with Crippen molar-refractivity contribution in [3.63, 3.8) is 0 Å². The minimum absolute atomic E-state index is 0.220. The molecule has 1 aliphatic carbocycles. The fourth-order valence-electron chi connectivity index (χ4n) is 2.94. The first kappa shape index (κ1) is 13.1. The van der Waals surface area contributed by atoms with E-state index in [-0.39, 0.29) is 5.56 Å². The van der Waals surface area contributed by atoms with Crippen LogP contribution in [-0.4, -0.2) is 17.1 Å². The number of hydrogen-bond donors (Lipinski definition) is 2. The van der Waals surface area contributed by atoms with E-state index in [4.69, 9.17) is 9.52 Å². The van der Waals surface area contributed by atoms with Gasteiger partial charge in [0.2, 0.25) is 0 Å². The topological polar surface area (TPSA) is 62.5 Å². The highest BCUT2D eigenvalue weighted by molar-refractivity contribution is 5.87. The molecular weight excluding hydrogens is 230 g/mol. The van der Waals surface area contributed by atoms with Crippen LogP contribution in [0.15, 0.2) is 16.7 Å². The molecule has 1 heterocycles. The zero-order valence-corrected chi connectivity index (χ0v) is 11.0. The number of furan rings is 1. The Hall–Kier alpha value is -1.29. The lowest BCUT2D eigenvalue weighted by Gasteiger charge is -2.31. The number of carboxylic acid groups (broad SMARTS) is 1. The second-order valence-corrected chi connectivity index (χ2v) is 5.60. The normalized spacial score (nSPS) is 28.2. The molecule has 18 heavy (non-hydrogen) atoms. The number of nitrogens with one attached hydrogen (secondary N) is 1. The lowest BCUT2D eigenvalue weighted by molar-refractivity contribution is 0.0696. The number of carboxylic acids is 1. The maximum Gasteiger partial charge on any atom is 0.338 e. The van der Waals surface area contributed by atoms with Crippen molar-refractivity contribution in [3.05, 3.63) is 23.7 Å². The molecule has 0 amide bonds. The average Bonchev–Trinajstić information content (AvgIpc) is 2.73. The van der Waals surface area contributed by atoms with E-state index >= 15 is 0 Å².